The molecule has 0 radical (unpaired) electrons. The monoisotopic (exact) mass is 384 g/mol. The van der Waals surface area contributed by atoms with Gasteiger partial charge in [-0.2, -0.15) is 0 Å². The maximum Gasteiger partial charge on any atom is 0.255 e. The maximum absolute atomic E-state index is 12.3. The highest BCUT2D eigenvalue weighted by atomic mass is 35.5. The summed E-state index contributed by atoms with van der Waals surface area (Å²) >= 11 is 11.8. The topological polar surface area (TPSA) is 75.3 Å². The van der Waals surface area contributed by atoms with Gasteiger partial charge in [0.2, 0.25) is 10.0 Å². The Kier molecular flexibility index (Phi) is 6.01. The number of carbonyl (C=O) groups is 1. The number of halogens is 2. The third-order valence-corrected chi connectivity index (χ3v) is 4.80. The van der Waals surface area contributed by atoms with Crippen molar-refractivity contribution in [3.05, 3.63) is 70.7 Å². The summed E-state index contributed by atoms with van der Waals surface area (Å²) in [6, 6.07) is 10.3. The van der Waals surface area contributed by atoms with Gasteiger partial charge >= 0.3 is 0 Å². The molecule has 2 N–H and O–H groups in total. The molecule has 0 aliphatic rings. The van der Waals surface area contributed by atoms with Crippen LogP contribution < -0.4 is 10.0 Å². The molecule has 2 aromatic carbocycles. The number of rotatable bonds is 6. The van der Waals surface area contributed by atoms with Crippen LogP contribution in [0.15, 0.2) is 60.0 Å². The number of hydrogen-bond donors (Lipinski definition) is 2. The average molecular weight is 385 g/mol. The molecule has 0 heterocycles. The molecule has 0 saturated carbocycles. The van der Waals surface area contributed by atoms with Crippen molar-refractivity contribution in [3.63, 3.8) is 0 Å². The number of carbonyl (C=O) groups excluding carboxylic acids is 1. The Labute approximate surface area is 150 Å². The molecule has 0 atom stereocenters. The average Bonchev–Trinajstić information content (AvgIpc) is 2.52. The summed E-state index contributed by atoms with van der Waals surface area (Å²) in [5.74, 6) is -0.478. The molecule has 8 heteroatoms. The normalized spacial score (nSPS) is 11.1. The fraction of sp³-hybridized carbons (Fsp3) is 0.0625. The maximum atomic E-state index is 12.3. The van der Waals surface area contributed by atoms with Crippen molar-refractivity contribution in [2.75, 3.05) is 11.9 Å². The van der Waals surface area contributed by atoms with Gasteiger partial charge < -0.3 is 5.32 Å². The fourth-order valence-corrected chi connectivity index (χ4v) is 3.46. The van der Waals surface area contributed by atoms with Gasteiger partial charge in [-0.3, -0.25) is 4.79 Å². The molecule has 0 aliphatic carbocycles. The summed E-state index contributed by atoms with van der Waals surface area (Å²) in [4.78, 5) is 12.3. The summed E-state index contributed by atoms with van der Waals surface area (Å²) in [5, 5.41) is 3.38. The summed E-state index contributed by atoms with van der Waals surface area (Å²) in [7, 11) is -3.71. The van der Waals surface area contributed by atoms with E-state index in [1.165, 1.54) is 48.5 Å². The van der Waals surface area contributed by atoms with Crippen molar-refractivity contribution in [2.45, 2.75) is 4.90 Å². The first-order valence-electron chi connectivity index (χ1n) is 6.80. The van der Waals surface area contributed by atoms with Crippen molar-refractivity contribution in [1.82, 2.24) is 4.72 Å². The van der Waals surface area contributed by atoms with E-state index >= 15 is 0 Å². The smallest absolute Gasteiger partial charge is 0.255 e. The third kappa shape index (κ3) is 4.82. The summed E-state index contributed by atoms with van der Waals surface area (Å²) in [5.41, 5.74) is 0.600. The summed E-state index contributed by atoms with van der Waals surface area (Å²) in [6.45, 7) is 3.55. The molecule has 24 heavy (non-hydrogen) atoms. The molecule has 0 saturated heterocycles. The highest BCUT2D eigenvalue weighted by molar-refractivity contribution is 7.89. The zero-order chi connectivity index (χ0) is 17.7. The Bertz CT molecular complexity index is 862. The summed E-state index contributed by atoms with van der Waals surface area (Å²) in [6.07, 6.45) is 1.43. The molecule has 0 aromatic heterocycles. The van der Waals surface area contributed by atoms with Crippen LogP contribution in [-0.2, 0) is 10.0 Å². The Morgan fingerprint density at radius 2 is 1.79 bits per heavy atom. The van der Waals surface area contributed by atoms with E-state index in [0.29, 0.717) is 15.7 Å². The third-order valence-electron chi connectivity index (χ3n) is 2.94. The Hall–Kier alpha value is -1.86. The lowest BCUT2D eigenvalue weighted by Crippen LogP contribution is -2.24. The zero-order valence-corrected chi connectivity index (χ0v) is 14.8. The molecule has 0 spiro atoms. The number of nitrogens with one attached hydrogen (secondary N) is 2. The lowest BCUT2D eigenvalue weighted by atomic mass is 10.2. The van der Waals surface area contributed by atoms with Gasteiger partial charge in [0.25, 0.3) is 5.91 Å². The number of sulfonamides is 1. The number of amides is 1. The molecule has 2 aromatic rings. The van der Waals surface area contributed by atoms with E-state index in [-0.39, 0.29) is 17.0 Å². The first kappa shape index (κ1) is 18.5. The van der Waals surface area contributed by atoms with E-state index in [1.54, 1.807) is 0 Å². The molecule has 0 aliphatic heterocycles. The molecule has 2 rings (SSSR count). The van der Waals surface area contributed by atoms with Crippen LogP contribution >= 0.6 is 23.2 Å². The van der Waals surface area contributed by atoms with E-state index in [1.807, 2.05) is 0 Å². The first-order valence-corrected chi connectivity index (χ1v) is 9.04. The first-order chi connectivity index (χ1) is 11.3. The van der Waals surface area contributed by atoms with Crippen LogP contribution in [0.3, 0.4) is 0 Å². The minimum Gasteiger partial charge on any atom is -0.322 e. The van der Waals surface area contributed by atoms with E-state index in [9.17, 15) is 13.2 Å². The van der Waals surface area contributed by atoms with Crippen LogP contribution in [0.25, 0.3) is 0 Å². The Balaban J connectivity index is 2.24. The molecule has 0 fully saturated rings. The predicted molar refractivity (Wildman–Crippen MR) is 96.2 cm³/mol. The van der Waals surface area contributed by atoms with Crippen molar-refractivity contribution in [2.24, 2.45) is 0 Å². The van der Waals surface area contributed by atoms with Crippen molar-refractivity contribution < 1.29 is 13.2 Å². The fourth-order valence-electron chi connectivity index (χ4n) is 1.89. The van der Waals surface area contributed by atoms with Crippen LogP contribution in [0.5, 0.6) is 0 Å². The van der Waals surface area contributed by atoms with Gasteiger partial charge in [0.15, 0.2) is 0 Å². The molecule has 5 nitrogen and oxygen atoms in total. The van der Waals surface area contributed by atoms with Crippen LogP contribution in [0.4, 0.5) is 5.69 Å². The Morgan fingerprint density at radius 1 is 1.12 bits per heavy atom. The zero-order valence-electron chi connectivity index (χ0n) is 12.4. The van der Waals surface area contributed by atoms with Gasteiger partial charge in [0.05, 0.1) is 4.90 Å². The quantitative estimate of drug-likeness (QED) is 0.745. The highest BCUT2D eigenvalue weighted by Crippen LogP contribution is 2.23. The van der Waals surface area contributed by atoms with Gasteiger partial charge in [-0.15, -0.1) is 6.58 Å². The van der Waals surface area contributed by atoms with Crippen LogP contribution in [0.2, 0.25) is 10.0 Å². The molecular weight excluding hydrogens is 371 g/mol. The lowest BCUT2D eigenvalue weighted by molar-refractivity contribution is 0.102. The van der Waals surface area contributed by atoms with Gasteiger partial charge in [0.1, 0.15) is 0 Å². The van der Waals surface area contributed by atoms with Crippen LogP contribution in [-0.4, -0.2) is 20.9 Å². The summed E-state index contributed by atoms with van der Waals surface area (Å²) < 4.78 is 26.5. The van der Waals surface area contributed by atoms with Gasteiger partial charge in [0, 0.05) is 27.8 Å². The van der Waals surface area contributed by atoms with Gasteiger partial charge in [-0.1, -0.05) is 35.3 Å². The Morgan fingerprint density at radius 3 is 2.42 bits per heavy atom. The second-order valence-corrected chi connectivity index (χ2v) is 7.42. The SMILES string of the molecule is C=CCNS(=O)(=O)c1cccc(C(=O)Nc2cc(Cl)cc(Cl)c2)c1. The molecular formula is C16H14Cl2N2O3S. The van der Waals surface area contributed by atoms with Gasteiger partial charge in [-0.25, -0.2) is 13.1 Å². The van der Waals surface area contributed by atoms with E-state index in [0.717, 1.165) is 0 Å². The largest absolute Gasteiger partial charge is 0.322 e. The van der Waals surface area contributed by atoms with Crippen molar-refractivity contribution in [1.29, 1.82) is 0 Å². The minimum atomic E-state index is -3.71. The minimum absolute atomic E-state index is 0.0128. The number of hydrogen-bond acceptors (Lipinski definition) is 3. The lowest BCUT2D eigenvalue weighted by Gasteiger charge is -2.09. The van der Waals surface area contributed by atoms with Crippen LogP contribution in [0.1, 0.15) is 10.4 Å². The standard InChI is InChI=1S/C16H14Cl2N2O3S/c1-2-6-19-24(22,23)15-5-3-4-11(7-15)16(21)20-14-9-12(17)8-13(18)10-14/h2-5,7-10,19H,1,6H2,(H,20,21). The second kappa shape index (κ2) is 7.81. The number of anilines is 1. The molecule has 0 bridgehead atoms. The molecule has 1 amide bonds. The van der Waals surface area contributed by atoms with Crippen molar-refractivity contribution >= 4 is 44.8 Å². The van der Waals surface area contributed by atoms with Crippen molar-refractivity contribution in [3.8, 4) is 0 Å². The number of benzene rings is 2. The van der Waals surface area contributed by atoms with E-state index in [4.69, 9.17) is 23.2 Å². The second-order valence-electron chi connectivity index (χ2n) is 4.78. The highest BCUT2D eigenvalue weighted by Gasteiger charge is 2.15. The van der Waals surface area contributed by atoms with E-state index < -0.39 is 15.9 Å². The predicted octanol–water partition coefficient (Wildman–Crippen LogP) is 3.71. The molecule has 0 unspecified atom stereocenters. The van der Waals surface area contributed by atoms with E-state index in [2.05, 4.69) is 16.6 Å². The van der Waals surface area contributed by atoms with Gasteiger partial charge in [-0.05, 0) is 36.4 Å². The molecule has 126 valence electrons. The van der Waals surface area contributed by atoms with Crippen LogP contribution in [0, 0.1) is 0 Å².